The molecular weight excluding hydrogens is 343 g/mol. The fourth-order valence-corrected chi connectivity index (χ4v) is 3.41. The van der Waals surface area contributed by atoms with Crippen molar-refractivity contribution in [1.82, 2.24) is 14.7 Å². The molecule has 6 heteroatoms. The predicted octanol–water partition coefficient (Wildman–Crippen LogP) is 3.60. The van der Waals surface area contributed by atoms with Gasteiger partial charge in [0, 0.05) is 37.4 Å². The van der Waals surface area contributed by atoms with Crippen molar-refractivity contribution in [3.63, 3.8) is 0 Å². The smallest absolute Gasteiger partial charge is 0.228 e. The molecule has 0 saturated carbocycles. The number of halogens is 1. The molecule has 0 radical (unpaired) electrons. The third-order valence-corrected chi connectivity index (χ3v) is 4.96. The lowest BCUT2D eigenvalue weighted by Crippen LogP contribution is -2.44. The van der Waals surface area contributed by atoms with Gasteiger partial charge in [-0.2, -0.15) is 5.10 Å². The zero-order valence-corrected chi connectivity index (χ0v) is 15.4. The van der Waals surface area contributed by atoms with E-state index in [1.807, 2.05) is 28.9 Å². The Morgan fingerprint density at radius 3 is 2.44 bits per heavy atom. The number of rotatable bonds is 5. The number of hydrogen-bond donors (Lipinski definition) is 0. The standard InChI is InChI=1S/C21H23FN4O/c1-24-11-13-25(14-12-24)18-5-7-19(8-6-18)26-21(9-10-23-26)17-3-2-4-20(15-17)27-16-22/h2-10,15H,11-14,16H2,1H3. The van der Waals surface area contributed by atoms with Gasteiger partial charge in [0.25, 0.3) is 0 Å². The van der Waals surface area contributed by atoms with Crippen LogP contribution in [0.1, 0.15) is 0 Å². The first-order valence-corrected chi connectivity index (χ1v) is 9.12. The minimum Gasteiger partial charge on any atom is -0.463 e. The lowest BCUT2D eigenvalue weighted by atomic mass is 10.1. The van der Waals surface area contributed by atoms with Crippen molar-refractivity contribution in [1.29, 1.82) is 0 Å². The number of aromatic nitrogens is 2. The van der Waals surface area contributed by atoms with Crippen molar-refractivity contribution < 1.29 is 9.13 Å². The topological polar surface area (TPSA) is 33.5 Å². The largest absolute Gasteiger partial charge is 0.463 e. The van der Waals surface area contributed by atoms with Crippen LogP contribution >= 0.6 is 0 Å². The van der Waals surface area contributed by atoms with Crippen LogP contribution in [0.25, 0.3) is 16.9 Å². The minimum atomic E-state index is -0.837. The zero-order valence-electron chi connectivity index (χ0n) is 15.4. The zero-order chi connectivity index (χ0) is 18.6. The monoisotopic (exact) mass is 366 g/mol. The van der Waals surface area contributed by atoms with Crippen molar-refractivity contribution >= 4 is 5.69 Å². The van der Waals surface area contributed by atoms with Gasteiger partial charge < -0.3 is 14.5 Å². The Balaban J connectivity index is 1.58. The van der Waals surface area contributed by atoms with E-state index in [1.54, 1.807) is 12.3 Å². The average molecular weight is 366 g/mol. The molecule has 1 aliphatic rings. The van der Waals surface area contributed by atoms with Gasteiger partial charge in [0.2, 0.25) is 6.86 Å². The number of hydrogen-bond acceptors (Lipinski definition) is 4. The van der Waals surface area contributed by atoms with Crippen molar-refractivity contribution in [2.45, 2.75) is 0 Å². The molecule has 0 bridgehead atoms. The molecule has 0 amide bonds. The average Bonchev–Trinajstić information content (AvgIpc) is 3.19. The summed E-state index contributed by atoms with van der Waals surface area (Å²) in [5.74, 6) is 0.508. The summed E-state index contributed by atoms with van der Waals surface area (Å²) in [6.07, 6.45) is 1.77. The van der Waals surface area contributed by atoms with E-state index in [9.17, 15) is 4.39 Å². The maximum atomic E-state index is 12.5. The van der Waals surface area contributed by atoms with Gasteiger partial charge in [-0.3, -0.25) is 0 Å². The predicted molar refractivity (Wildman–Crippen MR) is 105 cm³/mol. The molecule has 27 heavy (non-hydrogen) atoms. The first kappa shape index (κ1) is 17.5. The number of likely N-dealkylation sites (N-methyl/N-ethyl adjacent to an activating group) is 1. The van der Waals surface area contributed by atoms with Crippen LogP contribution < -0.4 is 9.64 Å². The maximum absolute atomic E-state index is 12.5. The third kappa shape index (κ3) is 3.80. The van der Waals surface area contributed by atoms with Crippen LogP contribution in [0.3, 0.4) is 0 Å². The molecule has 0 N–H and O–H groups in total. The number of alkyl halides is 1. The molecule has 1 fully saturated rings. The van der Waals surface area contributed by atoms with E-state index in [1.165, 1.54) is 5.69 Å². The van der Waals surface area contributed by atoms with Crippen LogP contribution in [0.2, 0.25) is 0 Å². The van der Waals surface area contributed by atoms with Crippen LogP contribution in [0.5, 0.6) is 5.75 Å². The maximum Gasteiger partial charge on any atom is 0.228 e. The van der Waals surface area contributed by atoms with Gasteiger partial charge in [-0.25, -0.2) is 9.07 Å². The number of piperazine rings is 1. The van der Waals surface area contributed by atoms with Gasteiger partial charge in [-0.1, -0.05) is 12.1 Å². The first-order valence-electron chi connectivity index (χ1n) is 9.12. The van der Waals surface area contributed by atoms with Crippen molar-refractivity contribution in [3.8, 4) is 22.7 Å². The molecule has 4 rings (SSSR count). The van der Waals surface area contributed by atoms with Crippen molar-refractivity contribution in [2.75, 3.05) is 45.0 Å². The van der Waals surface area contributed by atoms with E-state index in [0.717, 1.165) is 43.1 Å². The van der Waals surface area contributed by atoms with Crippen molar-refractivity contribution in [2.24, 2.45) is 0 Å². The molecule has 0 aliphatic carbocycles. The summed E-state index contributed by atoms with van der Waals surface area (Å²) >= 11 is 0. The summed E-state index contributed by atoms with van der Waals surface area (Å²) in [7, 11) is 2.16. The number of anilines is 1. The van der Waals surface area contributed by atoms with Crippen LogP contribution in [0.4, 0.5) is 10.1 Å². The van der Waals surface area contributed by atoms with Gasteiger partial charge in [0.05, 0.1) is 17.6 Å². The highest BCUT2D eigenvalue weighted by molar-refractivity contribution is 5.64. The molecule has 0 atom stereocenters. The summed E-state index contributed by atoms with van der Waals surface area (Å²) in [5.41, 5.74) is 4.09. The fraction of sp³-hybridized carbons (Fsp3) is 0.286. The fourth-order valence-electron chi connectivity index (χ4n) is 3.41. The van der Waals surface area contributed by atoms with E-state index in [-0.39, 0.29) is 0 Å². The van der Waals surface area contributed by atoms with Crippen LogP contribution in [0, 0.1) is 0 Å². The normalized spacial score (nSPS) is 15.1. The molecule has 0 unspecified atom stereocenters. The molecule has 1 aliphatic heterocycles. The Hall–Kier alpha value is -2.86. The Morgan fingerprint density at radius 2 is 1.70 bits per heavy atom. The highest BCUT2D eigenvalue weighted by Gasteiger charge is 2.15. The number of ether oxygens (including phenoxy) is 1. The molecule has 140 valence electrons. The van der Waals surface area contributed by atoms with E-state index in [4.69, 9.17) is 4.74 Å². The van der Waals surface area contributed by atoms with Crippen molar-refractivity contribution in [3.05, 3.63) is 60.8 Å². The van der Waals surface area contributed by atoms with Crippen LogP contribution in [-0.4, -0.2) is 54.8 Å². The second-order valence-corrected chi connectivity index (χ2v) is 6.72. The first-order chi connectivity index (χ1) is 13.2. The van der Waals surface area contributed by atoms with Crippen LogP contribution in [0.15, 0.2) is 60.8 Å². The van der Waals surface area contributed by atoms with Gasteiger partial charge in [-0.15, -0.1) is 0 Å². The van der Waals surface area contributed by atoms with E-state index in [2.05, 4.69) is 46.2 Å². The molecule has 0 spiro atoms. The van der Waals surface area contributed by atoms with Gasteiger partial charge >= 0.3 is 0 Å². The molecule has 2 heterocycles. The van der Waals surface area contributed by atoms with Gasteiger partial charge in [0.15, 0.2) is 0 Å². The molecular formula is C21H23FN4O. The highest BCUT2D eigenvalue weighted by atomic mass is 19.1. The van der Waals surface area contributed by atoms with E-state index < -0.39 is 6.86 Å². The molecule has 2 aromatic carbocycles. The second kappa shape index (κ2) is 7.80. The minimum absolute atomic E-state index is 0.508. The Kier molecular flexibility index (Phi) is 5.07. The van der Waals surface area contributed by atoms with E-state index in [0.29, 0.717) is 5.75 Å². The summed E-state index contributed by atoms with van der Waals surface area (Å²) < 4.78 is 19.3. The summed E-state index contributed by atoms with van der Waals surface area (Å²) in [6, 6.07) is 17.8. The number of nitrogens with zero attached hydrogens (tertiary/aromatic N) is 4. The summed E-state index contributed by atoms with van der Waals surface area (Å²) in [6.45, 7) is 3.43. The summed E-state index contributed by atoms with van der Waals surface area (Å²) in [4.78, 5) is 4.76. The Bertz CT molecular complexity index is 885. The van der Waals surface area contributed by atoms with E-state index >= 15 is 0 Å². The quantitative estimate of drug-likeness (QED) is 0.691. The van der Waals surface area contributed by atoms with Gasteiger partial charge in [0.1, 0.15) is 5.75 Å². The highest BCUT2D eigenvalue weighted by Crippen LogP contribution is 2.27. The molecule has 3 aromatic rings. The van der Waals surface area contributed by atoms with Gasteiger partial charge in [-0.05, 0) is 49.5 Å². The number of benzene rings is 2. The third-order valence-electron chi connectivity index (χ3n) is 4.96. The summed E-state index contributed by atoms with van der Waals surface area (Å²) in [5, 5.41) is 4.47. The van der Waals surface area contributed by atoms with Crippen LogP contribution in [-0.2, 0) is 0 Å². The lowest BCUT2D eigenvalue weighted by Gasteiger charge is -2.34. The molecule has 1 saturated heterocycles. The molecule has 1 aromatic heterocycles. The Labute approximate surface area is 158 Å². The lowest BCUT2D eigenvalue weighted by molar-refractivity contribution is 0.192. The molecule has 5 nitrogen and oxygen atoms in total. The second-order valence-electron chi connectivity index (χ2n) is 6.72. The Morgan fingerprint density at radius 1 is 0.963 bits per heavy atom. The SMILES string of the molecule is CN1CCN(c2ccc(-n3nccc3-c3cccc(OCF)c3)cc2)CC1.